The van der Waals surface area contributed by atoms with Gasteiger partial charge in [-0.1, -0.05) is 12.1 Å². The predicted octanol–water partition coefficient (Wildman–Crippen LogP) is 1.01. The molecule has 0 aliphatic heterocycles. The SMILES string of the molecule is CC(=O)Nc1ccc(CNCC(=O)NC2CC2)cc1. The van der Waals surface area contributed by atoms with E-state index in [4.69, 9.17) is 0 Å². The van der Waals surface area contributed by atoms with Gasteiger partial charge < -0.3 is 16.0 Å². The number of nitrogens with one attached hydrogen (secondary N) is 3. The Bertz CT molecular complexity index is 452. The molecule has 1 aliphatic rings. The number of hydrogen-bond acceptors (Lipinski definition) is 3. The summed E-state index contributed by atoms with van der Waals surface area (Å²) in [5.41, 5.74) is 1.86. The Labute approximate surface area is 112 Å². The van der Waals surface area contributed by atoms with E-state index in [0.717, 1.165) is 24.1 Å². The van der Waals surface area contributed by atoms with Crippen LogP contribution in [0, 0.1) is 0 Å². The zero-order valence-corrected chi connectivity index (χ0v) is 11.0. The van der Waals surface area contributed by atoms with Gasteiger partial charge in [0.05, 0.1) is 6.54 Å². The molecule has 1 saturated carbocycles. The number of carbonyl (C=O) groups excluding carboxylic acids is 2. The van der Waals surface area contributed by atoms with E-state index in [1.54, 1.807) is 0 Å². The Balaban J connectivity index is 1.70. The third kappa shape index (κ3) is 5.09. The van der Waals surface area contributed by atoms with Crippen molar-refractivity contribution >= 4 is 17.5 Å². The second kappa shape index (κ2) is 6.33. The molecule has 1 aromatic rings. The minimum absolute atomic E-state index is 0.0531. The Hall–Kier alpha value is -1.88. The minimum Gasteiger partial charge on any atom is -0.352 e. The monoisotopic (exact) mass is 261 g/mol. The van der Waals surface area contributed by atoms with Gasteiger partial charge >= 0.3 is 0 Å². The zero-order chi connectivity index (χ0) is 13.7. The average Bonchev–Trinajstić information content (AvgIpc) is 3.14. The molecule has 2 rings (SSSR count). The summed E-state index contributed by atoms with van der Waals surface area (Å²) in [6.45, 7) is 2.45. The number of hydrogen-bond donors (Lipinski definition) is 3. The summed E-state index contributed by atoms with van der Waals surface area (Å²) in [4.78, 5) is 22.3. The van der Waals surface area contributed by atoms with E-state index in [9.17, 15) is 9.59 Å². The summed E-state index contributed by atoms with van der Waals surface area (Å²) < 4.78 is 0. The van der Waals surface area contributed by atoms with E-state index in [1.165, 1.54) is 6.92 Å². The molecule has 1 aliphatic carbocycles. The first-order valence-corrected chi connectivity index (χ1v) is 6.50. The van der Waals surface area contributed by atoms with Gasteiger partial charge in [-0.05, 0) is 30.5 Å². The van der Waals surface area contributed by atoms with Gasteiger partial charge in [-0.3, -0.25) is 9.59 Å². The third-order valence-corrected chi connectivity index (χ3v) is 2.83. The third-order valence-electron chi connectivity index (χ3n) is 2.83. The van der Waals surface area contributed by atoms with Crippen LogP contribution in [0.4, 0.5) is 5.69 Å². The molecule has 0 bridgehead atoms. The maximum absolute atomic E-state index is 11.4. The van der Waals surface area contributed by atoms with E-state index in [-0.39, 0.29) is 11.8 Å². The number of rotatable bonds is 6. The summed E-state index contributed by atoms with van der Waals surface area (Å²) in [7, 11) is 0. The molecular weight excluding hydrogens is 242 g/mol. The van der Waals surface area contributed by atoms with Crippen LogP contribution in [-0.2, 0) is 16.1 Å². The van der Waals surface area contributed by atoms with E-state index < -0.39 is 0 Å². The lowest BCUT2D eigenvalue weighted by molar-refractivity contribution is -0.120. The van der Waals surface area contributed by atoms with Crippen molar-refractivity contribution in [1.82, 2.24) is 10.6 Å². The quantitative estimate of drug-likeness (QED) is 0.716. The van der Waals surface area contributed by atoms with Gasteiger partial charge in [0, 0.05) is 25.2 Å². The normalized spacial score (nSPS) is 13.9. The lowest BCUT2D eigenvalue weighted by Crippen LogP contribution is -2.34. The molecule has 102 valence electrons. The second-order valence-electron chi connectivity index (χ2n) is 4.82. The molecule has 3 N–H and O–H groups in total. The molecule has 0 saturated heterocycles. The smallest absolute Gasteiger partial charge is 0.234 e. The first-order chi connectivity index (χ1) is 9.13. The highest BCUT2D eigenvalue weighted by Crippen LogP contribution is 2.18. The van der Waals surface area contributed by atoms with Gasteiger partial charge in [-0.15, -0.1) is 0 Å². The van der Waals surface area contributed by atoms with E-state index in [0.29, 0.717) is 19.1 Å². The van der Waals surface area contributed by atoms with Crippen molar-refractivity contribution in [3.05, 3.63) is 29.8 Å². The zero-order valence-electron chi connectivity index (χ0n) is 11.0. The van der Waals surface area contributed by atoms with Gasteiger partial charge in [0.1, 0.15) is 0 Å². The Kier molecular flexibility index (Phi) is 4.52. The van der Waals surface area contributed by atoms with Crippen molar-refractivity contribution in [2.24, 2.45) is 0 Å². The fourth-order valence-electron chi connectivity index (χ4n) is 1.74. The van der Waals surface area contributed by atoms with Gasteiger partial charge in [-0.25, -0.2) is 0 Å². The Morgan fingerprint density at radius 3 is 2.47 bits per heavy atom. The summed E-state index contributed by atoms with van der Waals surface area (Å²) in [5.74, 6) is -0.0278. The maximum atomic E-state index is 11.4. The van der Waals surface area contributed by atoms with Gasteiger partial charge in [0.2, 0.25) is 11.8 Å². The molecular formula is C14H19N3O2. The van der Waals surface area contributed by atoms with E-state index in [2.05, 4.69) is 16.0 Å². The average molecular weight is 261 g/mol. The molecule has 0 heterocycles. The van der Waals surface area contributed by atoms with Crippen LogP contribution >= 0.6 is 0 Å². The fraction of sp³-hybridized carbons (Fsp3) is 0.429. The summed E-state index contributed by atoms with van der Waals surface area (Å²) >= 11 is 0. The number of benzene rings is 1. The molecule has 0 spiro atoms. The maximum Gasteiger partial charge on any atom is 0.234 e. The predicted molar refractivity (Wildman–Crippen MR) is 73.6 cm³/mol. The lowest BCUT2D eigenvalue weighted by Gasteiger charge is -2.07. The summed E-state index contributed by atoms with van der Waals surface area (Å²) in [6, 6.07) is 7.96. The molecule has 5 nitrogen and oxygen atoms in total. The minimum atomic E-state index is -0.0809. The van der Waals surface area contributed by atoms with E-state index >= 15 is 0 Å². The standard InChI is InChI=1S/C14H19N3O2/c1-10(18)16-12-4-2-11(3-5-12)8-15-9-14(19)17-13-6-7-13/h2-5,13,15H,6-9H2,1H3,(H,16,18)(H,17,19). The molecule has 0 radical (unpaired) electrons. The number of anilines is 1. The topological polar surface area (TPSA) is 70.2 Å². The van der Waals surface area contributed by atoms with Crippen LogP contribution in [0.2, 0.25) is 0 Å². The summed E-state index contributed by atoms with van der Waals surface area (Å²) in [5, 5.41) is 8.73. The molecule has 19 heavy (non-hydrogen) atoms. The Morgan fingerprint density at radius 1 is 1.21 bits per heavy atom. The van der Waals surface area contributed by atoms with Crippen LogP contribution in [0.15, 0.2) is 24.3 Å². The van der Waals surface area contributed by atoms with Crippen LogP contribution in [0.3, 0.4) is 0 Å². The molecule has 0 aromatic heterocycles. The van der Waals surface area contributed by atoms with Crippen LogP contribution in [0.5, 0.6) is 0 Å². The lowest BCUT2D eigenvalue weighted by atomic mass is 10.2. The first kappa shape index (κ1) is 13.5. The number of carbonyl (C=O) groups is 2. The van der Waals surface area contributed by atoms with Gasteiger partial charge in [0.15, 0.2) is 0 Å². The van der Waals surface area contributed by atoms with Gasteiger partial charge in [0.25, 0.3) is 0 Å². The van der Waals surface area contributed by atoms with Crippen LogP contribution in [0.1, 0.15) is 25.3 Å². The van der Waals surface area contributed by atoms with Crippen molar-refractivity contribution in [2.75, 3.05) is 11.9 Å². The van der Waals surface area contributed by atoms with Crippen molar-refractivity contribution < 1.29 is 9.59 Å². The molecule has 1 fully saturated rings. The van der Waals surface area contributed by atoms with Gasteiger partial charge in [-0.2, -0.15) is 0 Å². The van der Waals surface area contributed by atoms with E-state index in [1.807, 2.05) is 24.3 Å². The first-order valence-electron chi connectivity index (χ1n) is 6.50. The molecule has 0 unspecified atom stereocenters. The highest BCUT2D eigenvalue weighted by molar-refractivity contribution is 5.88. The van der Waals surface area contributed by atoms with Crippen LogP contribution in [-0.4, -0.2) is 24.4 Å². The second-order valence-corrected chi connectivity index (χ2v) is 4.82. The highest BCUT2D eigenvalue weighted by Gasteiger charge is 2.22. The molecule has 2 amide bonds. The molecule has 5 heteroatoms. The van der Waals surface area contributed by atoms with Crippen LogP contribution < -0.4 is 16.0 Å². The highest BCUT2D eigenvalue weighted by atomic mass is 16.2. The van der Waals surface area contributed by atoms with Crippen molar-refractivity contribution in [1.29, 1.82) is 0 Å². The van der Waals surface area contributed by atoms with Crippen molar-refractivity contribution in [3.63, 3.8) is 0 Å². The number of amides is 2. The Morgan fingerprint density at radius 2 is 1.89 bits per heavy atom. The molecule has 0 atom stereocenters. The fourth-order valence-corrected chi connectivity index (χ4v) is 1.74. The van der Waals surface area contributed by atoms with Crippen molar-refractivity contribution in [3.8, 4) is 0 Å². The largest absolute Gasteiger partial charge is 0.352 e. The van der Waals surface area contributed by atoms with Crippen molar-refractivity contribution in [2.45, 2.75) is 32.4 Å². The van der Waals surface area contributed by atoms with Crippen LogP contribution in [0.25, 0.3) is 0 Å². The summed E-state index contributed by atoms with van der Waals surface area (Å²) in [6.07, 6.45) is 2.21. The molecule has 1 aromatic carbocycles.